The minimum absolute atomic E-state index is 0.744. The Morgan fingerprint density at radius 2 is 1.70 bits per heavy atom. The average molecular weight is 309 g/mol. The first kappa shape index (κ1) is 15.0. The number of fused-ring (bicyclic) bond motifs is 1. The fourth-order valence-corrected chi connectivity index (χ4v) is 2.42. The lowest BCUT2D eigenvalue weighted by atomic mass is 10.1. The van der Waals surface area contributed by atoms with Gasteiger partial charge in [-0.25, -0.2) is 0 Å². The van der Waals surface area contributed by atoms with Gasteiger partial charge in [0.15, 0.2) is 0 Å². The monoisotopic (exact) mass is 309 g/mol. The third-order valence-electron chi connectivity index (χ3n) is 3.66. The van der Waals surface area contributed by atoms with Gasteiger partial charge in [0.25, 0.3) is 0 Å². The maximum atomic E-state index is 6.02. The van der Waals surface area contributed by atoms with Crippen molar-refractivity contribution >= 4 is 22.3 Å². The van der Waals surface area contributed by atoms with Gasteiger partial charge in [0.2, 0.25) is 0 Å². The largest absolute Gasteiger partial charge is 0.495 e. The van der Waals surface area contributed by atoms with Gasteiger partial charge in [-0.1, -0.05) is 0 Å². The molecule has 1 heterocycles. The van der Waals surface area contributed by atoms with Gasteiger partial charge in [-0.3, -0.25) is 4.98 Å². The Morgan fingerprint density at radius 1 is 0.913 bits per heavy atom. The number of pyridine rings is 1. The molecule has 0 saturated carbocycles. The Labute approximate surface area is 135 Å². The zero-order valence-corrected chi connectivity index (χ0v) is 13.4. The highest BCUT2D eigenvalue weighted by Crippen LogP contribution is 2.35. The first-order valence-corrected chi connectivity index (χ1v) is 7.35. The van der Waals surface area contributed by atoms with E-state index in [1.807, 2.05) is 56.6 Å². The molecule has 0 aliphatic heterocycles. The minimum atomic E-state index is 0.744. The van der Waals surface area contributed by atoms with Gasteiger partial charge < -0.3 is 20.1 Å². The van der Waals surface area contributed by atoms with E-state index < -0.39 is 0 Å². The van der Waals surface area contributed by atoms with E-state index in [1.54, 1.807) is 13.3 Å². The van der Waals surface area contributed by atoms with Gasteiger partial charge in [-0.15, -0.1) is 0 Å². The molecule has 5 nitrogen and oxygen atoms in total. The van der Waals surface area contributed by atoms with E-state index in [9.17, 15) is 0 Å². The Morgan fingerprint density at radius 3 is 2.35 bits per heavy atom. The second-order valence-corrected chi connectivity index (χ2v) is 5.01. The highest BCUT2D eigenvalue weighted by atomic mass is 16.5. The maximum Gasteiger partial charge on any atom is 0.142 e. The summed E-state index contributed by atoms with van der Waals surface area (Å²) in [4.78, 5) is 4.41. The zero-order chi connectivity index (χ0) is 16.2. The molecule has 0 fully saturated rings. The van der Waals surface area contributed by atoms with Gasteiger partial charge in [0.1, 0.15) is 17.2 Å². The van der Waals surface area contributed by atoms with Crippen LogP contribution in [-0.4, -0.2) is 26.2 Å². The predicted octanol–water partition coefficient (Wildman–Crippen LogP) is 4.12. The SMILES string of the molecule is CNc1ccc(Oc2ccnc3cc(NC)c(OC)cc23)cc1. The second-order valence-electron chi connectivity index (χ2n) is 5.01. The number of methoxy groups -OCH3 is 1. The molecule has 0 saturated heterocycles. The number of rotatable bonds is 5. The lowest BCUT2D eigenvalue weighted by Gasteiger charge is -2.13. The van der Waals surface area contributed by atoms with Crippen LogP contribution < -0.4 is 20.1 Å². The van der Waals surface area contributed by atoms with Crippen molar-refractivity contribution in [2.45, 2.75) is 0 Å². The molecule has 118 valence electrons. The van der Waals surface area contributed by atoms with Gasteiger partial charge in [-0.05, 0) is 42.5 Å². The van der Waals surface area contributed by atoms with Gasteiger partial charge in [0, 0.05) is 31.4 Å². The van der Waals surface area contributed by atoms with Crippen molar-refractivity contribution in [3.8, 4) is 17.2 Å². The first-order valence-electron chi connectivity index (χ1n) is 7.35. The molecule has 0 atom stereocenters. The lowest BCUT2D eigenvalue weighted by molar-refractivity contribution is 0.417. The number of nitrogens with one attached hydrogen (secondary N) is 2. The highest BCUT2D eigenvalue weighted by Gasteiger charge is 2.10. The Balaban J connectivity index is 2.02. The fraction of sp³-hybridized carbons (Fsp3) is 0.167. The minimum Gasteiger partial charge on any atom is -0.495 e. The van der Waals surface area contributed by atoms with Crippen molar-refractivity contribution in [1.29, 1.82) is 0 Å². The summed E-state index contributed by atoms with van der Waals surface area (Å²) in [7, 11) is 5.39. The van der Waals surface area contributed by atoms with Crippen LogP contribution in [0.25, 0.3) is 10.9 Å². The number of hydrogen-bond donors (Lipinski definition) is 2. The topological polar surface area (TPSA) is 55.4 Å². The number of benzene rings is 2. The average Bonchev–Trinajstić information content (AvgIpc) is 2.61. The smallest absolute Gasteiger partial charge is 0.142 e. The van der Waals surface area contributed by atoms with E-state index in [1.165, 1.54) is 0 Å². The zero-order valence-electron chi connectivity index (χ0n) is 13.4. The Kier molecular flexibility index (Phi) is 4.19. The van der Waals surface area contributed by atoms with Crippen LogP contribution >= 0.6 is 0 Å². The number of aromatic nitrogens is 1. The summed E-state index contributed by atoms with van der Waals surface area (Å²) in [6.45, 7) is 0. The molecule has 0 aliphatic rings. The van der Waals surface area contributed by atoms with Crippen molar-refractivity contribution in [3.05, 3.63) is 48.7 Å². The van der Waals surface area contributed by atoms with E-state index in [0.29, 0.717) is 0 Å². The normalized spacial score (nSPS) is 10.4. The number of hydrogen-bond acceptors (Lipinski definition) is 5. The first-order chi connectivity index (χ1) is 11.2. The van der Waals surface area contributed by atoms with Crippen molar-refractivity contribution in [3.63, 3.8) is 0 Å². The summed E-state index contributed by atoms with van der Waals surface area (Å²) >= 11 is 0. The molecule has 0 bridgehead atoms. The van der Waals surface area contributed by atoms with Crippen LogP contribution in [0.15, 0.2) is 48.7 Å². The molecule has 3 rings (SSSR count). The molecule has 0 radical (unpaired) electrons. The molecule has 0 spiro atoms. The van der Waals surface area contributed by atoms with Crippen molar-refractivity contribution in [2.24, 2.45) is 0 Å². The molecule has 0 aliphatic carbocycles. The molecule has 1 aromatic heterocycles. The van der Waals surface area contributed by atoms with Crippen LogP contribution in [0.2, 0.25) is 0 Å². The van der Waals surface area contributed by atoms with Crippen molar-refractivity contribution < 1.29 is 9.47 Å². The Hall–Kier alpha value is -2.95. The summed E-state index contributed by atoms with van der Waals surface area (Å²) in [5.41, 5.74) is 2.78. The van der Waals surface area contributed by atoms with Crippen LogP contribution in [0.4, 0.5) is 11.4 Å². The summed E-state index contributed by atoms with van der Waals surface area (Å²) in [6.07, 6.45) is 1.74. The molecule has 5 heteroatoms. The molecular weight excluding hydrogens is 290 g/mol. The highest BCUT2D eigenvalue weighted by molar-refractivity contribution is 5.90. The van der Waals surface area contributed by atoms with Gasteiger partial charge >= 0.3 is 0 Å². The number of ether oxygens (including phenoxy) is 2. The van der Waals surface area contributed by atoms with Gasteiger partial charge in [0.05, 0.1) is 18.3 Å². The summed E-state index contributed by atoms with van der Waals surface area (Å²) in [5.74, 6) is 2.27. The summed E-state index contributed by atoms with van der Waals surface area (Å²) in [6, 6.07) is 13.5. The second kappa shape index (κ2) is 6.44. The Bertz CT molecular complexity index is 816. The third kappa shape index (κ3) is 2.99. The van der Waals surface area contributed by atoms with Crippen LogP contribution in [-0.2, 0) is 0 Å². The summed E-state index contributed by atoms with van der Waals surface area (Å²) < 4.78 is 11.4. The molecule has 3 aromatic rings. The van der Waals surface area contributed by atoms with Crippen molar-refractivity contribution in [1.82, 2.24) is 4.98 Å². The lowest BCUT2D eigenvalue weighted by Crippen LogP contribution is -1.95. The number of anilines is 2. The van der Waals surface area contributed by atoms with E-state index in [4.69, 9.17) is 9.47 Å². The quantitative estimate of drug-likeness (QED) is 0.742. The molecule has 23 heavy (non-hydrogen) atoms. The molecular formula is C18H19N3O2. The molecule has 2 aromatic carbocycles. The standard InChI is InChI=1S/C18H19N3O2/c1-19-12-4-6-13(7-5-12)23-17-8-9-21-15-11-16(20-2)18(22-3)10-14(15)17/h4-11,19-20H,1-3H3. The van der Waals surface area contributed by atoms with E-state index in [-0.39, 0.29) is 0 Å². The van der Waals surface area contributed by atoms with Gasteiger partial charge in [-0.2, -0.15) is 0 Å². The predicted molar refractivity (Wildman–Crippen MR) is 93.9 cm³/mol. The maximum absolute atomic E-state index is 6.02. The van der Waals surface area contributed by atoms with Crippen molar-refractivity contribution in [2.75, 3.05) is 31.8 Å². The van der Waals surface area contributed by atoms with E-state index in [0.717, 1.165) is 39.5 Å². The number of nitrogens with zero attached hydrogens (tertiary/aromatic N) is 1. The van der Waals surface area contributed by atoms with Crippen LogP contribution in [0.1, 0.15) is 0 Å². The van der Waals surface area contributed by atoms with Crippen LogP contribution in [0, 0.1) is 0 Å². The van der Waals surface area contributed by atoms with E-state index in [2.05, 4.69) is 15.6 Å². The van der Waals surface area contributed by atoms with Crippen LogP contribution in [0.3, 0.4) is 0 Å². The summed E-state index contributed by atoms with van der Waals surface area (Å²) in [5, 5.41) is 7.10. The molecule has 0 amide bonds. The fourth-order valence-electron chi connectivity index (χ4n) is 2.42. The van der Waals surface area contributed by atoms with Crippen LogP contribution in [0.5, 0.6) is 17.2 Å². The third-order valence-corrected chi connectivity index (χ3v) is 3.66. The molecule has 2 N–H and O–H groups in total. The molecule has 0 unspecified atom stereocenters. The van der Waals surface area contributed by atoms with E-state index >= 15 is 0 Å².